The van der Waals surface area contributed by atoms with E-state index in [4.69, 9.17) is 94.9 Å². The zero-order valence-corrected chi connectivity index (χ0v) is 53.6. The number of pyridine rings is 4. The first-order chi connectivity index (χ1) is 45.9. The highest BCUT2D eigenvalue weighted by Crippen LogP contribution is 2.37. The normalized spacial score (nSPS) is 20.6. The maximum atomic E-state index is 11.2. The smallest absolute Gasteiger partial charge is 0.314 e. The lowest BCUT2D eigenvalue weighted by Crippen LogP contribution is -2.35. The van der Waals surface area contributed by atoms with E-state index in [2.05, 4.69) is 64.4 Å². The van der Waals surface area contributed by atoms with Crippen molar-refractivity contribution in [2.75, 3.05) is 64.1 Å². The van der Waals surface area contributed by atoms with Gasteiger partial charge in [-0.2, -0.15) is 21.0 Å². The lowest BCUT2D eigenvalue weighted by molar-refractivity contribution is -0.384. The number of fused-ring (bicyclic) bond motifs is 6. The number of nitro groups is 2. The van der Waals surface area contributed by atoms with Gasteiger partial charge in [0, 0.05) is 70.6 Å². The number of furan rings is 4. The number of ether oxygens (including phenoxy) is 7. The molecule has 9 aromatic heterocycles. The summed E-state index contributed by atoms with van der Waals surface area (Å²) >= 11 is 5.70. The van der Waals surface area contributed by atoms with Gasteiger partial charge >= 0.3 is 11.4 Å². The standard InChI is InChI=1S/C16H16N4O2.C14H14N4O4.C14H16N4O2.C7H3ClN2O3.C7H12N2O.C5H12O3.CH4/c1-10-19-14-8-18-13-5-7-21-16(13)15(14)20(10)11-2-3-12(4-6-17)22-9-11;15-5-3-10-2-1-9(8-22-10)17-13-12(18(19)20)7-16-11-4-6-21-14(11)13;15-5-3-10-2-1-9(8-20-10)18-13-11(16)7-17-12-4-6-19-14(12)13;8-6-5(10(11)12)3-9-4-1-2-13-7(4)6;8-4-3-7-2-1-6(9)5-10-7;1-5(6-2,7-3)8-4;/h5,7-8,11-12H,2-4,9H2,1H3;4,6-7,9-10H,1-3,8H2,(H,16,17);4,6-7,9-10H,1-3,8,16H2,(H,17,18);1-3H;6-7H,1-3,5,9H2;1-4H3;1H4/t11-,12+;2*9-,10+;;6-,7+;;/m000.0../s1. The number of imidazole rings is 1. The molecule has 9 aromatic rings. The molecule has 4 aliphatic heterocycles. The third kappa shape index (κ3) is 19.1. The average molecular weight is 1350 g/mol. The van der Waals surface area contributed by atoms with Crippen molar-refractivity contribution in [2.45, 2.75) is 153 Å². The van der Waals surface area contributed by atoms with E-state index >= 15 is 0 Å². The van der Waals surface area contributed by atoms with E-state index in [-0.39, 0.29) is 78.0 Å². The Bertz CT molecular complexity index is 4140. The Hall–Kier alpha value is -9.64. The van der Waals surface area contributed by atoms with Gasteiger partial charge < -0.3 is 77.5 Å². The van der Waals surface area contributed by atoms with Crippen molar-refractivity contribution in [3.8, 4) is 24.3 Å². The molecule has 0 radical (unpaired) electrons. The van der Waals surface area contributed by atoms with Gasteiger partial charge in [0.1, 0.15) is 57.0 Å². The quantitative estimate of drug-likeness (QED) is 0.0446. The summed E-state index contributed by atoms with van der Waals surface area (Å²) in [5, 5.41) is 62.6. The maximum Gasteiger partial charge on any atom is 0.314 e. The van der Waals surface area contributed by atoms with Gasteiger partial charge in [-0.25, -0.2) is 15.0 Å². The molecule has 0 amide bonds. The number of nitrogens with zero attached hydrogens (tertiary/aromatic N) is 12. The number of nitrogens with two attached hydrogens (primary N) is 2. The molecular weight excluding hydrogens is 1270 g/mol. The van der Waals surface area contributed by atoms with E-state index < -0.39 is 15.8 Å². The molecule has 4 fully saturated rings. The molecule has 96 heavy (non-hydrogen) atoms. The Morgan fingerprint density at radius 1 is 0.594 bits per heavy atom. The van der Waals surface area contributed by atoms with Crippen molar-refractivity contribution in [1.82, 2.24) is 29.5 Å². The number of halogens is 1. The number of aromatic nitrogens is 6. The second-order valence-corrected chi connectivity index (χ2v) is 22.7. The van der Waals surface area contributed by atoms with Crippen LogP contribution in [0.25, 0.3) is 55.4 Å². The van der Waals surface area contributed by atoms with Crippen LogP contribution in [-0.4, -0.2) is 136 Å². The summed E-state index contributed by atoms with van der Waals surface area (Å²) in [6, 6.07) is 15.9. The number of nitrogens with one attached hydrogen (secondary N) is 2. The molecule has 0 bridgehead atoms. The fourth-order valence-electron chi connectivity index (χ4n) is 10.7. The van der Waals surface area contributed by atoms with Crippen LogP contribution in [0.4, 0.5) is 28.4 Å². The van der Waals surface area contributed by atoms with Crippen LogP contribution in [0.15, 0.2) is 91.8 Å². The number of rotatable bonds is 14. The first kappa shape index (κ1) is 73.8. The third-order valence-electron chi connectivity index (χ3n) is 16.0. The maximum absolute atomic E-state index is 11.2. The minimum atomic E-state index is -0.875. The van der Waals surface area contributed by atoms with Crippen molar-refractivity contribution in [3.05, 3.63) is 105 Å². The molecule has 0 aliphatic carbocycles. The molecule has 8 atom stereocenters. The first-order valence-electron chi connectivity index (χ1n) is 30.3. The predicted octanol–water partition coefficient (Wildman–Crippen LogP) is 12.0. The lowest BCUT2D eigenvalue weighted by atomic mass is 10.0. The van der Waals surface area contributed by atoms with Gasteiger partial charge in [-0.15, -0.1) is 0 Å². The van der Waals surface area contributed by atoms with Gasteiger partial charge in [0.25, 0.3) is 5.97 Å². The van der Waals surface area contributed by atoms with Crippen molar-refractivity contribution >= 4 is 95.5 Å². The molecule has 6 N–H and O–H groups in total. The van der Waals surface area contributed by atoms with E-state index in [9.17, 15) is 20.2 Å². The Balaban J connectivity index is 0.000000168. The molecule has 0 unspecified atom stereocenters. The third-order valence-corrected chi connectivity index (χ3v) is 16.4. The van der Waals surface area contributed by atoms with Gasteiger partial charge in [-0.05, 0) is 58.3 Å². The molecule has 4 aliphatic rings. The Morgan fingerprint density at radius 3 is 1.46 bits per heavy atom. The van der Waals surface area contributed by atoms with Crippen LogP contribution in [-0.2, 0) is 33.2 Å². The van der Waals surface area contributed by atoms with Gasteiger partial charge in [0.15, 0.2) is 33.0 Å². The second kappa shape index (κ2) is 35.7. The van der Waals surface area contributed by atoms with E-state index in [1.165, 1.54) is 40.1 Å². The Morgan fingerprint density at radius 2 is 1.01 bits per heavy atom. The Labute approximate surface area is 556 Å². The van der Waals surface area contributed by atoms with Gasteiger partial charge in [0.05, 0.1) is 160 Å². The highest BCUT2D eigenvalue weighted by Gasteiger charge is 2.30. The van der Waals surface area contributed by atoms with Crippen LogP contribution in [0.3, 0.4) is 0 Å². The summed E-state index contributed by atoms with van der Waals surface area (Å²) in [5.74, 6) is 0.0630. The highest BCUT2D eigenvalue weighted by atomic mass is 35.5. The molecule has 0 aromatic carbocycles. The second-order valence-electron chi connectivity index (χ2n) is 22.3. The van der Waals surface area contributed by atoms with E-state index in [0.717, 1.165) is 96.7 Å². The van der Waals surface area contributed by atoms with Gasteiger partial charge in [-0.3, -0.25) is 30.2 Å². The summed E-state index contributed by atoms with van der Waals surface area (Å²) in [6.07, 6.45) is 21.0. The van der Waals surface area contributed by atoms with Crippen molar-refractivity contribution in [2.24, 2.45) is 5.73 Å². The van der Waals surface area contributed by atoms with Crippen LogP contribution in [0, 0.1) is 72.5 Å². The van der Waals surface area contributed by atoms with Crippen LogP contribution in [0.5, 0.6) is 0 Å². The number of methoxy groups -OCH3 is 3. The number of nitriles is 4. The fourth-order valence-corrected chi connectivity index (χ4v) is 10.9. The minimum Gasteiger partial charge on any atom is -0.461 e. The number of aryl methyl sites for hydroxylation is 1. The molecular formula is C64H77ClN16O15. The summed E-state index contributed by atoms with van der Waals surface area (Å²) in [6.45, 7) is 5.86. The van der Waals surface area contributed by atoms with E-state index in [1.54, 1.807) is 50.0 Å². The van der Waals surface area contributed by atoms with Gasteiger partial charge in [0.2, 0.25) is 0 Å². The summed E-state index contributed by atoms with van der Waals surface area (Å²) in [4.78, 5) is 41.5. The van der Waals surface area contributed by atoms with Crippen LogP contribution in [0.2, 0.25) is 5.02 Å². The lowest BCUT2D eigenvalue weighted by Gasteiger charge is -2.29. The topological polar surface area (TPSA) is 444 Å². The van der Waals surface area contributed by atoms with Gasteiger partial charge in [-0.1, -0.05) is 19.0 Å². The van der Waals surface area contributed by atoms with Crippen molar-refractivity contribution < 1.29 is 60.7 Å². The summed E-state index contributed by atoms with van der Waals surface area (Å²) in [5.41, 5.74) is 19.4. The molecule has 0 spiro atoms. The monoisotopic (exact) mass is 1340 g/mol. The molecule has 0 saturated carbocycles. The number of hydrogen-bond donors (Lipinski definition) is 4. The molecule has 13 heterocycles. The predicted molar refractivity (Wildman–Crippen MR) is 352 cm³/mol. The van der Waals surface area contributed by atoms with E-state index in [0.29, 0.717) is 85.7 Å². The highest BCUT2D eigenvalue weighted by molar-refractivity contribution is 6.36. The first-order valence-corrected chi connectivity index (χ1v) is 30.7. The number of hydrogen-bond acceptors (Lipinski definition) is 28. The minimum absolute atomic E-state index is 0. The van der Waals surface area contributed by atoms with E-state index in [1.807, 2.05) is 13.0 Å². The van der Waals surface area contributed by atoms with Crippen LogP contribution < -0.4 is 22.1 Å². The molecule has 13 rings (SSSR count). The molecule has 32 heteroatoms. The van der Waals surface area contributed by atoms with Crippen molar-refractivity contribution in [3.63, 3.8) is 0 Å². The zero-order chi connectivity index (χ0) is 68.0. The molecule has 4 saturated heterocycles. The molecule has 31 nitrogen and oxygen atoms in total. The molecule has 510 valence electrons. The van der Waals surface area contributed by atoms with Crippen LogP contribution >= 0.6 is 11.6 Å². The van der Waals surface area contributed by atoms with Crippen molar-refractivity contribution in [1.29, 1.82) is 21.0 Å². The summed E-state index contributed by atoms with van der Waals surface area (Å²) < 4.78 is 60.3. The SMILES string of the molecule is C.COC(C)(OC)OC.Cc1nc2cnc3ccoc3c2n1[C@H]1CC[C@H](CC#N)OC1.N#CC[C@H]1CC[C@H](N)CO1.N#CC[C@H]1CC[C@H](Nc2c(N)cnc3ccoc23)CO1.N#CC[C@H]1CC[C@H](Nc2c([N+](=O)[O-])cnc3ccoc23)CO1.O=[N+]([O-])c1cnc2ccoc2c1Cl. The average Bonchev–Trinajstić information content (AvgIpc) is 1.60. The summed E-state index contributed by atoms with van der Waals surface area (Å²) in [7, 11) is 4.56. The number of nitrogen functional groups attached to an aromatic ring is 1. The Kier molecular flexibility index (Phi) is 27.5. The fraction of sp³-hybridized carbons (Fsp3) is 0.484. The number of anilines is 3. The largest absolute Gasteiger partial charge is 0.461 e. The zero-order valence-electron chi connectivity index (χ0n) is 52.9. The van der Waals surface area contributed by atoms with Crippen LogP contribution in [0.1, 0.15) is 103 Å².